The van der Waals surface area contributed by atoms with Gasteiger partial charge in [0.15, 0.2) is 5.82 Å². The van der Waals surface area contributed by atoms with Gasteiger partial charge >= 0.3 is 0 Å². The van der Waals surface area contributed by atoms with E-state index < -0.39 is 0 Å². The Hall–Kier alpha value is -1.68. The van der Waals surface area contributed by atoms with Crippen molar-refractivity contribution in [2.45, 2.75) is 19.9 Å². The molecule has 1 unspecified atom stereocenters. The Labute approximate surface area is 94.5 Å². The molecule has 2 rings (SSSR count). The van der Waals surface area contributed by atoms with E-state index in [2.05, 4.69) is 10.1 Å². The van der Waals surface area contributed by atoms with Crippen LogP contribution in [0.5, 0.6) is 0 Å². The van der Waals surface area contributed by atoms with E-state index in [-0.39, 0.29) is 6.04 Å². The maximum atomic E-state index is 5.94. The lowest BCUT2D eigenvalue weighted by atomic mass is 10.1. The summed E-state index contributed by atoms with van der Waals surface area (Å²) in [5.41, 5.74) is 6.86. The summed E-state index contributed by atoms with van der Waals surface area (Å²) < 4.78 is 5.18. The zero-order valence-corrected chi connectivity index (χ0v) is 9.42. The predicted molar refractivity (Wildman–Crippen MR) is 61.5 cm³/mol. The SMILES string of the molecule is CC(C)C(N)c1noc(-c2ccccc2)n1. The summed E-state index contributed by atoms with van der Waals surface area (Å²) in [5.74, 6) is 1.38. The number of hydrogen-bond donors (Lipinski definition) is 1. The van der Waals surface area contributed by atoms with Crippen LogP contribution in [0.25, 0.3) is 11.5 Å². The summed E-state index contributed by atoms with van der Waals surface area (Å²) in [6, 6.07) is 9.49. The van der Waals surface area contributed by atoms with Gasteiger partial charge in [-0.3, -0.25) is 0 Å². The summed E-state index contributed by atoms with van der Waals surface area (Å²) in [7, 11) is 0. The first-order valence-electron chi connectivity index (χ1n) is 5.33. The molecule has 0 amide bonds. The highest BCUT2D eigenvalue weighted by Crippen LogP contribution is 2.21. The minimum absolute atomic E-state index is 0.179. The lowest BCUT2D eigenvalue weighted by molar-refractivity contribution is 0.400. The van der Waals surface area contributed by atoms with Gasteiger partial charge in [0.25, 0.3) is 5.89 Å². The molecule has 0 bridgehead atoms. The maximum absolute atomic E-state index is 5.94. The molecule has 0 saturated heterocycles. The van der Waals surface area contributed by atoms with Crippen LogP contribution in [0.2, 0.25) is 0 Å². The molecule has 1 heterocycles. The van der Waals surface area contributed by atoms with Crippen molar-refractivity contribution in [2.24, 2.45) is 11.7 Å². The molecule has 1 aromatic carbocycles. The van der Waals surface area contributed by atoms with Crippen LogP contribution >= 0.6 is 0 Å². The van der Waals surface area contributed by atoms with Crippen molar-refractivity contribution in [2.75, 3.05) is 0 Å². The molecule has 84 valence electrons. The van der Waals surface area contributed by atoms with Gasteiger partial charge in [-0.2, -0.15) is 4.98 Å². The highest BCUT2D eigenvalue weighted by molar-refractivity contribution is 5.52. The lowest BCUT2D eigenvalue weighted by Gasteiger charge is -2.09. The van der Waals surface area contributed by atoms with Crippen LogP contribution in [0, 0.1) is 5.92 Å². The minimum Gasteiger partial charge on any atom is -0.334 e. The van der Waals surface area contributed by atoms with Crippen molar-refractivity contribution in [3.63, 3.8) is 0 Å². The first kappa shape index (κ1) is 10.8. The molecule has 1 aromatic heterocycles. The molecular formula is C12H15N3O. The zero-order chi connectivity index (χ0) is 11.5. The Balaban J connectivity index is 2.27. The van der Waals surface area contributed by atoms with E-state index in [0.717, 1.165) is 5.56 Å². The number of nitrogens with two attached hydrogens (primary N) is 1. The van der Waals surface area contributed by atoms with E-state index in [1.807, 2.05) is 44.2 Å². The van der Waals surface area contributed by atoms with E-state index in [1.165, 1.54) is 0 Å². The van der Waals surface area contributed by atoms with Crippen molar-refractivity contribution < 1.29 is 4.52 Å². The van der Waals surface area contributed by atoms with Crippen LogP contribution in [0.15, 0.2) is 34.9 Å². The largest absolute Gasteiger partial charge is 0.334 e. The van der Waals surface area contributed by atoms with E-state index in [9.17, 15) is 0 Å². The van der Waals surface area contributed by atoms with Gasteiger partial charge in [0.1, 0.15) is 0 Å². The number of nitrogens with zero attached hydrogens (tertiary/aromatic N) is 2. The van der Waals surface area contributed by atoms with Crippen LogP contribution in [0.1, 0.15) is 25.7 Å². The molecule has 0 radical (unpaired) electrons. The van der Waals surface area contributed by atoms with Gasteiger partial charge in [-0.1, -0.05) is 37.2 Å². The summed E-state index contributed by atoms with van der Waals surface area (Å²) in [6.45, 7) is 4.06. The molecule has 0 spiro atoms. The van der Waals surface area contributed by atoms with E-state index in [4.69, 9.17) is 10.3 Å². The summed E-state index contributed by atoms with van der Waals surface area (Å²) >= 11 is 0. The van der Waals surface area contributed by atoms with Gasteiger partial charge in [0.2, 0.25) is 0 Å². The summed E-state index contributed by atoms with van der Waals surface area (Å²) in [6.07, 6.45) is 0. The topological polar surface area (TPSA) is 64.9 Å². The van der Waals surface area contributed by atoms with Crippen molar-refractivity contribution in [1.29, 1.82) is 0 Å². The molecule has 0 saturated carbocycles. The Morgan fingerprint density at radius 3 is 2.50 bits per heavy atom. The van der Waals surface area contributed by atoms with Crippen molar-refractivity contribution in [3.8, 4) is 11.5 Å². The fraction of sp³-hybridized carbons (Fsp3) is 0.333. The van der Waals surface area contributed by atoms with Gasteiger partial charge in [-0.15, -0.1) is 0 Å². The number of benzene rings is 1. The first-order chi connectivity index (χ1) is 7.68. The Morgan fingerprint density at radius 2 is 1.88 bits per heavy atom. The van der Waals surface area contributed by atoms with Gasteiger partial charge in [-0.25, -0.2) is 0 Å². The highest BCUT2D eigenvalue weighted by Gasteiger charge is 2.17. The van der Waals surface area contributed by atoms with Crippen LogP contribution in [-0.2, 0) is 0 Å². The van der Waals surface area contributed by atoms with Gasteiger partial charge in [-0.05, 0) is 18.1 Å². The van der Waals surface area contributed by atoms with Crippen LogP contribution < -0.4 is 5.73 Å². The summed E-state index contributed by atoms with van der Waals surface area (Å²) in [4.78, 5) is 4.30. The molecule has 4 heteroatoms. The van der Waals surface area contributed by atoms with E-state index >= 15 is 0 Å². The minimum atomic E-state index is -0.179. The smallest absolute Gasteiger partial charge is 0.257 e. The van der Waals surface area contributed by atoms with Crippen LogP contribution in [0.3, 0.4) is 0 Å². The quantitative estimate of drug-likeness (QED) is 0.857. The lowest BCUT2D eigenvalue weighted by Crippen LogP contribution is -2.18. The van der Waals surface area contributed by atoms with Crippen molar-refractivity contribution >= 4 is 0 Å². The van der Waals surface area contributed by atoms with Crippen LogP contribution in [0.4, 0.5) is 0 Å². The standard InChI is InChI=1S/C12H15N3O/c1-8(2)10(13)11-14-12(16-15-11)9-6-4-3-5-7-9/h3-8,10H,13H2,1-2H3. The second-order valence-corrected chi connectivity index (χ2v) is 4.09. The average molecular weight is 217 g/mol. The average Bonchev–Trinajstić information content (AvgIpc) is 2.78. The third kappa shape index (κ3) is 2.12. The molecule has 2 aromatic rings. The molecule has 1 atom stereocenters. The third-order valence-electron chi connectivity index (χ3n) is 2.48. The summed E-state index contributed by atoms with van der Waals surface area (Å²) in [5, 5.41) is 3.90. The second kappa shape index (κ2) is 4.45. The Kier molecular flexibility index (Phi) is 3.01. The molecular weight excluding hydrogens is 202 g/mol. The molecule has 16 heavy (non-hydrogen) atoms. The monoisotopic (exact) mass is 217 g/mol. The second-order valence-electron chi connectivity index (χ2n) is 4.09. The molecule has 0 aliphatic heterocycles. The van der Waals surface area contributed by atoms with Crippen molar-refractivity contribution in [1.82, 2.24) is 10.1 Å². The van der Waals surface area contributed by atoms with E-state index in [1.54, 1.807) is 0 Å². The molecule has 0 fully saturated rings. The van der Waals surface area contributed by atoms with Crippen LogP contribution in [-0.4, -0.2) is 10.1 Å². The first-order valence-corrected chi connectivity index (χ1v) is 5.33. The fourth-order valence-electron chi connectivity index (χ4n) is 1.37. The Bertz CT molecular complexity index is 450. The van der Waals surface area contributed by atoms with E-state index in [0.29, 0.717) is 17.6 Å². The predicted octanol–water partition coefficient (Wildman–Crippen LogP) is 2.39. The zero-order valence-electron chi connectivity index (χ0n) is 9.42. The fourth-order valence-corrected chi connectivity index (χ4v) is 1.37. The van der Waals surface area contributed by atoms with Crippen molar-refractivity contribution in [3.05, 3.63) is 36.2 Å². The number of hydrogen-bond acceptors (Lipinski definition) is 4. The number of aromatic nitrogens is 2. The maximum Gasteiger partial charge on any atom is 0.257 e. The van der Waals surface area contributed by atoms with Gasteiger partial charge in [0.05, 0.1) is 6.04 Å². The normalized spacial score (nSPS) is 13.0. The Morgan fingerprint density at radius 1 is 1.19 bits per heavy atom. The third-order valence-corrected chi connectivity index (χ3v) is 2.48. The molecule has 2 N–H and O–H groups in total. The van der Waals surface area contributed by atoms with Gasteiger partial charge in [0, 0.05) is 5.56 Å². The number of rotatable bonds is 3. The molecule has 4 nitrogen and oxygen atoms in total. The van der Waals surface area contributed by atoms with Gasteiger partial charge < -0.3 is 10.3 Å². The highest BCUT2D eigenvalue weighted by atomic mass is 16.5. The molecule has 0 aliphatic rings. The molecule has 0 aliphatic carbocycles.